The Kier molecular flexibility index (Phi) is 5.60. The number of hydrogen-bond donors (Lipinski definition) is 1. The summed E-state index contributed by atoms with van der Waals surface area (Å²) in [6.45, 7) is 5.96. The van der Waals surface area contributed by atoms with E-state index >= 15 is 0 Å². The summed E-state index contributed by atoms with van der Waals surface area (Å²) < 4.78 is 18.5. The van der Waals surface area contributed by atoms with Gasteiger partial charge in [-0.15, -0.1) is 0 Å². The molecular formula is C24H22ClFN8O. The van der Waals surface area contributed by atoms with Gasteiger partial charge in [0.05, 0.1) is 35.5 Å². The molecule has 0 fully saturated rings. The second-order valence-corrected chi connectivity index (χ2v) is 8.70. The summed E-state index contributed by atoms with van der Waals surface area (Å²) in [5.41, 5.74) is 6.12. The maximum absolute atomic E-state index is 13.4. The van der Waals surface area contributed by atoms with E-state index in [4.69, 9.17) is 11.6 Å². The van der Waals surface area contributed by atoms with Crippen LogP contribution in [-0.2, 0) is 13.6 Å². The molecule has 0 bridgehead atoms. The Labute approximate surface area is 205 Å². The molecule has 5 rings (SSSR count). The molecule has 0 aliphatic heterocycles. The van der Waals surface area contributed by atoms with Gasteiger partial charge in [0.1, 0.15) is 5.82 Å². The highest BCUT2D eigenvalue weighted by Crippen LogP contribution is 2.25. The second kappa shape index (κ2) is 8.62. The molecule has 0 atom stereocenters. The van der Waals surface area contributed by atoms with Gasteiger partial charge < -0.3 is 5.32 Å². The number of carbonyl (C=O) groups is 1. The average molecular weight is 493 g/mol. The lowest BCUT2D eigenvalue weighted by Crippen LogP contribution is -2.14. The highest BCUT2D eigenvalue weighted by molar-refractivity contribution is 6.31. The first-order valence-corrected chi connectivity index (χ1v) is 11.2. The summed E-state index contributed by atoms with van der Waals surface area (Å²) in [5.74, 6) is -0.779. The maximum Gasteiger partial charge on any atom is 0.276 e. The van der Waals surface area contributed by atoms with Crippen LogP contribution >= 0.6 is 11.6 Å². The van der Waals surface area contributed by atoms with Gasteiger partial charge in [0.25, 0.3) is 5.91 Å². The van der Waals surface area contributed by atoms with E-state index in [2.05, 4.69) is 25.6 Å². The fourth-order valence-electron chi connectivity index (χ4n) is 3.98. The first-order chi connectivity index (χ1) is 16.7. The van der Waals surface area contributed by atoms with Crippen LogP contribution in [0.5, 0.6) is 0 Å². The Hall–Kier alpha value is -4.05. The minimum Gasteiger partial charge on any atom is -0.317 e. The van der Waals surface area contributed by atoms with Gasteiger partial charge in [-0.2, -0.15) is 15.3 Å². The number of rotatable bonds is 5. The molecule has 1 aromatic carbocycles. The van der Waals surface area contributed by atoms with Crippen molar-refractivity contribution in [1.29, 1.82) is 0 Å². The molecule has 1 N–H and O–H groups in total. The predicted molar refractivity (Wildman–Crippen MR) is 130 cm³/mol. The van der Waals surface area contributed by atoms with Crippen LogP contribution in [0.2, 0.25) is 5.02 Å². The number of halogens is 2. The summed E-state index contributed by atoms with van der Waals surface area (Å²) in [4.78, 5) is 17.5. The van der Waals surface area contributed by atoms with Gasteiger partial charge in [-0.25, -0.2) is 13.9 Å². The first-order valence-electron chi connectivity index (χ1n) is 10.9. The van der Waals surface area contributed by atoms with Crippen LogP contribution in [-0.4, -0.2) is 40.1 Å². The Bertz CT molecular complexity index is 1600. The summed E-state index contributed by atoms with van der Waals surface area (Å²) in [5, 5.41) is 16.6. The van der Waals surface area contributed by atoms with E-state index in [1.807, 2.05) is 27.0 Å². The van der Waals surface area contributed by atoms with Crippen molar-refractivity contribution in [3.8, 4) is 11.3 Å². The summed E-state index contributed by atoms with van der Waals surface area (Å²) >= 11 is 6.18. The Morgan fingerprint density at radius 2 is 1.91 bits per heavy atom. The maximum atomic E-state index is 13.4. The number of benzene rings is 1. The minimum atomic E-state index is -0.399. The second-order valence-electron chi connectivity index (χ2n) is 8.29. The van der Waals surface area contributed by atoms with Crippen LogP contribution in [0.25, 0.3) is 16.9 Å². The topological polar surface area (TPSA) is 94.9 Å². The molecule has 178 valence electrons. The van der Waals surface area contributed by atoms with E-state index in [0.717, 1.165) is 28.2 Å². The Morgan fingerprint density at radius 3 is 2.63 bits per heavy atom. The average Bonchev–Trinajstić information content (AvgIpc) is 3.48. The van der Waals surface area contributed by atoms with E-state index in [1.165, 1.54) is 12.1 Å². The quantitative estimate of drug-likeness (QED) is 0.393. The summed E-state index contributed by atoms with van der Waals surface area (Å²) in [7, 11) is 1.87. The first kappa shape index (κ1) is 22.7. The van der Waals surface area contributed by atoms with Crippen molar-refractivity contribution in [2.24, 2.45) is 7.05 Å². The zero-order valence-corrected chi connectivity index (χ0v) is 20.3. The molecule has 0 aliphatic carbocycles. The number of anilines is 1. The van der Waals surface area contributed by atoms with E-state index in [1.54, 1.807) is 45.3 Å². The highest BCUT2D eigenvalue weighted by atomic mass is 35.5. The van der Waals surface area contributed by atoms with Gasteiger partial charge in [0.15, 0.2) is 11.3 Å². The van der Waals surface area contributed by atoms with Gasteiger partial charge in [-0.05, 0) is 44.5 Å². The van der Waals surface area contributed by atoms with Crippen molar-refractivity contribution in [3.63, 3.8) is 0 Å². The lowest BCUT2D eigenvalue weighted by molar-refractivity contribution is 0.102. The molecule has 5 aromatic rings. The molecule has 9 nitrogen and oxygen atoms in total. The van der Waals surface area contributed by atoms with Gasteiger partial charge >= 0.3 is 0 Å². The lowest BCUT2D eigenvalue weighted by Gasteiger charge is -2.08. The lowest BCUT2D eigenvalue weighted by atomic mass is 10.2. The van der Waals surface area contributed by atoms with Crippen LogP contribution in [0.15, 0.2) is 42.7 Å². The van der Waals surface area contributed by atoms with Gasteiger partial charge in [-0.1, -0.05) is 17.7 Å². The molecule has 0 aliphatic rings. The van der Waals surface area contributed by atoms with Crippen LogP contribution in [0.4, 0.5) is 10.1 Å². The van der Waals surface area contributed by atoms with Crippen molar-refractivity contribution >= 4 is 28.8 Å². The molecule has 0 radical (unpaired) electrons. The number of fused-ring (bicyclic) bond motifs is 1. The van der Waals surface area contributed by atoms with Gasteiger partial charge in [0.2, 0.25) is 0 Å². The summed E-state index contributed by atoms with van der Waals surface area (Å²) in [6.07, 6.45) is 3.44. The molecule has 0 saturated carbocycles. The third-order valence-corrected chi connectivity index (χ3v) is 6.41. The van der Waals surface area contributed by atoms with Crippen molar-refractivity contribution in [2.75, 3.05) is 5.32 Å². The number of nitrogens with zero attached hydrogens (tertiary/aromatic N) is 7. The predicted octanol–water partition coefficient (Wildman–Crippen LogP) is 4.34. The molecule has 4 heterocycles. The van der Waals surface area contributed by atoms with E-state index in [9.17, 15) is 9.18 Å². The third-order valence-electron chi connectivity index (χ3n) is 6.06. The SMILES string of the molecule is Cc1nn(Cc2ccc(F)cc2Cl)c(C)c1NC(=O)c1cc2nccc(-c3cnn(C)c3C)n2n1. The molecule has 1 amide bonds. The fraction of sp³-hybridized carbons (Fsp3) is 0.208. The normalized spacial score (nSPS) is 11.4. The monoisotopic (exact) mass is 492 g/mol. The number of carbonyl (C=O) groups excluding carboxylic acids is 1. The Balaban J connectivity index is 1.44. The summed E-state index contributed by atoms with van der Waals surface area (Å²) in [6, 6.07) is 7.72. The number of nitrogens with one attached hydrogen (secondary N) is 1. The molecule has 0 saturated heterocycles. The molecule has 0 spiro atoms. The number of amides is 1. The standard InChI is InChI=1S/C24H22ClFN8O/c1-13-23(15(3)33(30-13)12-16-5-6-17(26)9-19(16)25)29-24(35)20-10-22-27-8-7-21(34(22)31-20)18-11-28-32(4)14(18)2/h5-11H,12H2,1-4H3,(H,29,35). The fourth-order valence-corrected chi connectivity index (χ4v) is 4.21. The number of hydrogen-bond acceptors (Lipinski definition) is 5. The highest BCUT2D eigenvalue weighted by Gasteiger charge is 2.20. The van der Waals surface area contributed by atoms with Gasteiger partial charge in [-0.3, -0.25) is 14.2 Å². The Morgan fingerprint density at radius 1 is 1.11 bits per heavy atom. The molecule has 0 unspecified atom stereocenters. The number of aromatic nitrogens is 7. The van der Waals surface area contributed by atoms with E-state index in [-0.39, 0.29) is 11.6 Å². The number of aryl methyl sites for hydroxylation is 2. The van der Waals surface area contributed by atoms with Crippen molar-refractivity contribution in [2.45, 2.75) is 27.3 Å². The largest absolute Gasteiger partial charge is 0.317 e. The van der Waals surface area contributed by atoms with Crippen LogP contribution in [0.3, 0.4) is 0 Å². The van der Waals surface area contributed by atoms with Crippen LogP contribution in [0.1, 0.15) is 33.1 Å². The molecule has 4 aromatic heterocycles. The molecule has 11 heteroatoms. The van der Waals surface area contributed by atoms with Crippen molar-refractivity contribution in [1.82, 2.24) is 34.2 Å². The van der Waals surface area contributed by atoms with Crippen molar-refractivity contribution < 1.29 is 9.18 Å². The zero-order valence-electron chi connectivity index (χ0n) is 19.5. The van der Waals surface area contributed by atoms with Crippen LogP contribution < -0.4 is 5.32 Å². The molecule has 35 heavy (non-hydrogen) atoms. The zero-order chi connectivity index (χ0) is 24.9. The third kappa shape index (κ3) is 4.06. The smallest absolute Gasteiger partial charge is 0.276 e. The molecular weight excluding hydrogens is 471 g/mol. The van der Waals surface area contributed by atoms with Crippen molar-refractivity contribution in [3.05, 3.63) is 81.9 Å². The van der Waals surface area contributed by atoms with Crippen LogP contribution in [0, 0.1) is 26.6 Å². The minimum absolute atomic E-state index is 0.222. The van der Waals surface area contributed by atoms with E-state index < -0.39 is 5.82 Å². The van der Waals surface area contributed by atoms with Gasteiger partial charge in [0, 0.05) is 35.6 Å². The van der Waals surface area contributed by atoms with E-state index in [0.29, 0.717) is 28.6 Å².